The van der Waals surface area contributed by atoms with Gasteiger partial charge in [-0.3, -0.25) is 19.1 Å². The first-order chi connectivity index (χ1) is 17.5. The molecule has 10 heteroatoms. The van der Waals surface area contributed by atoms with Crippen molar-refractivity contribution < 1.29 is 23.9 Å². The lowest BCUT2D eigenvalue weighted by molar-refractivity contribution is -0.133. The van der Waals surface area contributed by atoms with E-state index in [9.17, 15) is 23.9 Å². The molecule has 1 fully saturated rings. The number of nitrogens with one attached hydrogen (secondary N) is 2. The number of benzene rings is 2. The molecule has 1 aliphatic rings. The van der Waals surface area contributed by atoms with Crippen molar-refractivity contribution in [3.63, 3.8) is 0 Å². The molecule has 2 unspecified atom stereocenters. The van der Waals surface area contributed by atoms with Crippen molar-refractivity contribution in [1.29, 1.82) is 0 Å². The fraction of sp³-hybridized carbons (Fsp3) is 0.407. The van der Waals surface area contributed by atoms with Crippen molar-refractivity contribution in [2.75, 3.05) is 19.6 Å². The molecule has 0 bridgehead atoms. The van der Waals surface area contributed by atoms with Crippen LogP contribution in [0.3, 0.4) is 0 Å². The summed E-state index contributed by atoms with van der Waals surface area (Å²) in [5.74, 6) is -1.61. The number of halogens is 1. The van der Waals surface area contributed by atoms with Crippen LogP contribution in [0.5, 0.6) is 0 Å². The van der Waals surface area contributed by atoms with Crippen LogP contribution < -0.4 is 10.6 Å². The summed E-state index contributed by atoms with van der Waals surface area (Å²) in [6.45, 7) is 6.28. The van der Waals surface area contributed by atoms with Crippen LogP contribution in [0.1, 0.15) is 43.2 Å². The van der Waals surface area contributed by atoms with Crippen molar-refractivity contribution in [3.05, 3.63) is 65.6 Å². The van der Waals surface area contributed by atoms with Crippen LogP contribution in [0, 0.1) is 11.2 Å². The monoisotopic (exact) mass is 509 g/mol. The molecule has 2 aromatic carbocycles. The largest absolute Gasteiger partial charge is 0.391 e. The topological polar surface area (TPSA) is 117 Å². The van der Waals surface area contributed by atoms with Gasteiger partial charge < -0.3 is 20.6 Å². The summed E-state index contributed by atoms with van der Waals surface area (Å²) in [6.07, 6.45) is -0.0266. The molecule has 3 amide bonds. The molecule has 3 N–H and O–H groups in total. The van der Waals surface area contributed by atoms with Gasteiger partial charge in [-0.15, -0.1) is 0 Å². The lowest BCUT2D eigenvalue weighted by Crippen LogP contribution is -2.55. The maximum atomic E-state index is 13.4. The van der Waals surface area contributed by atoms with Crippen molar-refractivity contribution >= 4 is 28.6 Å². The van der Waals surface area contributed by atoms with E-state index >= 15 is 0 Å². The lowest BCUT2D eigenvalue weighted by Gasteiger charge is -2.30. The number of hydrogen-bond acceptors (Lipinski definition) is 5. The van der Waals surface area contributed by atoms with Crippen LogP contribution in [0.15, 0.2) is 48.5 Å². The van der Waals surface area contributed by atoms with E-state index in [1.807, 2.05) is 32.9 Å². The average Bonchev–Trinajstić information content (AvgIpc) is 3.45. The van der Waals surface area contributed by atoms with Crippen LogP contribution in [0.2, 0.25) is 0 Å². The van der Waals surface area contributed by atoms with E-state index in [1.54, 1.807) is 28.9 Å². The number of β-amino-alcohol motifs (C(OH)–C–C–N with tert-alkyl or cyclic N) is 1. The Morgan fingerprint density at radius 1 is 1.14 bits per heavy atom. The summed E-state index contributed by atoms with van der Waals surface area (Å²) in [6, 6.07) is 12.4. The van der Waals surface area contributed by atoms with Gasteiger partial charge in [0.1, 0.15) is 11.9 Å². The van der Waals surface area contributed by atoms with Gasteiger partial charge in [0.05, 0.1) is 24.7 Å². The van der Waals surface area contributed by atoms with Gasteiger partial charge in [-0.2, -0.15) is 5.10 Å². The Balaban J connectivity index is 1.51. The van der Waals surface area contributed by atoms with Crippen molar-refractivity contribution in [2.24, 2.45) is 5.41 Å². The van der Waals surface area contributed by atoms with E-state index in [-0.39, 0.29) is 30.5 Å². The lowest BCUT2D eigenvalue weighted by atomic mass is 9.86. The smallest absolute Gasteiger partial charge is 0.273 e. The van der Waals surface area contributed by atoms with Crippen molar-refractivity contribution in [3.8, 4) is 0 Å². The third-order valence-electron chi connectivity index (χ3n) is 6.45. The van der Waals surface area contributed by atoms with Crippen LogP contribution in [-0.2, 0) is 16.1 Å². The maximum Gasteiger partial charge on any atom is 0.273 e. The predicted molar refractivity (Wildman–Crippen MR) is 136 cm³/mol. The van der Waals surface area contributed by atoms with E-state index in [2.05, 4.69) is 15.7 Å². The normalized spacial score (nSPS) is 16.6. The van der Waals surface area contributed by atoms with Gasteiger partial charge in [0.15, 0.2) is 5.69 Å². The zero-order chi connectivity index (χ0) is 26.7. The quantitative estimate of drug-likeness (QED) is 0.451. The summed E-state index contributed by atoms with van der Waals surface area (Å²) in [7, 11) is 0. The molecule has 37 heavy (non-hydrogen) atoms. The van der Waals surface area contributed by atoms with Gasteiger partial charge in [-0.25, -0.2) is 4.39 Å². The molecule has 4 rings (SSSR count). The summed E-state index contributed by atoms with van der Waals surface area (Å²) >= 11 is 0. The van der Waals surface area contributed by atoms with Gasteiger partial charge in [0.25, 0.3) is 5.91 Å². The Morgan fingerprint density at radius 2 is 1.84 bits per heavy atom. The predicted octanol–water partition coefficient (Wildman–Crippen LogP) is 2.08. The molecule has 196 valence electrons. The van der Waals surface area contributed by atoms with E-state index in [1.165, 1.54) is 17.0 Å². The number of fused-ring (bicyclic) bond motifs is 1. The molecule has 2 atom stereocenters. The molecule has 0 saturated carbocycles. The summed E-state index contributed by atoms with van der Waals surface area (Å²) in [5, 5.41) is 20.2. The average molecular weight is 510 g/mol. The Morgan fingerprint density at radius 3 is 2.49 bits per heavy atom. The van der Waals surface area contributed by atoms with E-state index in [0.29, 0.717) is 24.9 Å². The molecule has 9 nitrogen and oxygen atoms in total. The zero-order valence-corrected chi connectivity index (χ0v) is 21.2. The maximum absolute atomic E-state index is 13.4. The summed E-state index contributed by atoms with van der Waals surface area (Å²) in [4.78, 5) is 40.4. The highest BCUT2D eigenvalue weighted by atomic mass is 19.1. The second-order valence-electron chi connectivity index (χ2n) is 10.4. The number of aliphatic hydroxyl groups excluding tert-OH is 1. The number of nitrogens with zero attached hydrogens (tertiary/aromatic N) is 3. The second kappa shape index (κ2) is 10.7. The third kappa shape index (κ3) is 6.14. The standard InChI is InChI=1S/C27H32FN5O4/c1-27(2,3)24(26(37)29-14-22(35)32-13-12-19(34)16-32)30-25(36)23-20-6-4-5-7-21(20)33(31-23)15-17-8-10-18(28)11-9-17/h4-11,19,24,34H,12-16H2,1-3H3,(H,29,37)(H,30,36). The van der Waals surface area contributed by atoms with Gasteiger partial charge in [0, 0.05) is 18.5 Å². The number of rotatable bonds is 7. The van der Waals surface area contributed by atoms with Crippen LogP contribution >= 0.6 is 0 Å². The van der Waals surface area contributed by atoms with Gasteiger partial charge >= 0.3 is 0 Å². The molecule has 3 aromatic rings. The summed E-state index contributed by atoms with van der Waals surface area (Å²) in [5.41, 5.74) is 1.07. The van der Waals surface area contributed by atoms with Crippen molar-refractivity contribution in [1.82, 2.24) is 25.3 Å². The van der Waals surface area contributed by atoms with Crippen LogP contribution in [-0.4, -0.2) is 69.3 Å². The Bertz CT molecular complexity index is 1300. The minimum atomic E-state index is -0.932. The number of aliphatic hydroxyl groups is 1. The fourth-order valence-electron chi connectivity index (χ4n) is 4.40. The second-order valence-corrected chi connectivity index (χ2v) is 10.4. The molecule has 0 aliphatic carbocycles. The fourth-order valence-corrected chi connectivity index (χ4v) is 4.40. The van der Waals surface area contributed by atoms with Gasteiger partial charge in [0.2, 0.25) is 11.8 Å². The van der Waals surface area contributed by atoms with E-state index in [4.69, 9.17) is 0 Å². The first kappa shape index (κ1) is 26.3. The van der Waals surface area contributed by atoms with E-state index < -0.39 is 29.4 Å². The molecule has 1 saturated heterocycles. The summed E-state index contributed by atoms with van der Waals surface area (Å²) < 4.78 is 15.0. The number of carbonyl (C=O) groups is 3. The molecule has 1 aromatic heterocycles. The van der Waals surface area contributed by atoms with Gasteiger partial charge in [-0.05, 0) is 35.6 Å². The molecule has 0 spiro atoms. The highest BCUT2D eigenvalue weighted by Crippen LogP contribution is 2.23. The zero-order valence-electron chi connectivity index (χ0n) is 21.2. The minimum Gasteiger partial charge on any atom is -0.391 e. The minimum absolute atomic E-state index is 0.168. The molecule has 0 radical (unpaired) electrons. The number of carbonyl (C=O) groups excluding carboxylic acids is 3. The number of hydrogen-bond donors (Lipinski definition) is 3. The van der Waals surface area contributed by atoms with Crippen molar-refractivity contribution in [2.45, 2.75) is 45.9 Å². The number of likely N-dealkylation sites (tertiary alicyclic amines) is 1. The molecule has 2 heterocycles. The van der Waals surface area contributed by atoms with Crippen LogP contribution in [0.4, 0.5) is 4.39 Å². The molecular weight excluding hydrogens is 477 g/mol. The highest BCUT2D eigenvalue weighted by molar-refractivity contribution is 6.06. The number of aromatic nitrogens is 2. The first-order valence-electron chi connectivity index (χ1n) is 12.3. The Kier molecular flexibility index (Phi) is 7.58. The van der Waals surface area contributed by atoms with Gasteiger partial charge in [-0.1, -0.05) is 51.1 Å². The SMILES string of the molecule is CC(C)(C)C(NC(=O)c1nn(Cc2ccc(F)cc2)c2ccccc12)C(=O)NCC(=O)N1CCC(O)C1. The van der Waals surface area contributed by atoms with E-state index in [0.717, 1.165) is 11.1 Å². The molecule has 1 aliphatic heterocycles. The Labute approximate surface area is 214 Å². The number of para-hydroxylation sites is 1. The van der Waals surface area contributed by atoms with Crippen LogP contribution in [0.25, 0.3) is 10.9 Å². The number of amides is 3. The molecular formula is C27H32FN5O4. The Hall–Kier alpha value is -3.79. The third-order valence-corrected chi connectivity index (χ3v) is 6.45. The highest BCUT2D eigenvalue weighted by Gasteiger charge is 2.35. The first-order valence-corrected chi connectivity index (χ1v) is 12.3.